The molecular formula is C22H27NO4. The van der Waals surface area contributed by atoms with Crippen molar-refractivity contribution in [1.82, 2.24) is 5.32 Å². The van der Waals surface area contributed by atoms with Gasteiger partial charge in [-0.25, -0.2) is 4.79 Å². The average molecular weight is 369 g/mol. The van der Waals surface area contributed by atoms with Crippen LogP contribution in [-0.4, -0.2) is 28.9 Å². The minimum Gasteiger partial charge on any atom is -0.457 e. The van der Waals surface area contributed by atoms with Gasteiger partial charge in [-0.15, -0.1) is 0 Å². The molecule has 5 heteroatoms. The Hall–Kier alpha value is -2.53. The zero-order valence-corrected chi connectivity index (χ0v) is 16.1. The molecule has 1 amide bonds. The van der Waals surface area contributed by atoms with Crippen molar-refractivity contribution in [3.63, 3.8) is 0 Å². The van der Waals surface area contributed by atoms with Crippen LogP contribution in [0.2, 0.25) is 0 Å². The van der Waals surface area contributed by atoms with E-state index >= 15 is 0 Å². The van der Waals surface area contributed by atoms with Crippen LogP contribution in [-0.2, 0) is 17.6 Å². The van der Waals surface area contributed by atoms with Gasteiger partial charge in [0.15, 0.2) is 0 Å². The monoisotopic (exact) mass is 369 g/mol. The quantitative estimate of drug-likeness (QED) is 0.847. The Labute approximate surface area is 160 Å². The van der Waals surface area contributed by atoms with Crippen molar-refractivity contribution in [2.75, 3.05) is 6.61 Å². The third kappa shape index (κ3) is 4.80. The lowest BCUT2D eigenvalue weighted by atomic mass is 9.78. The number of benzene rings is 2. The molecule has 0 heterocycles. The predicted molar refractivity (Wildman–Crippen MR) is 104 cm³/mol. The lowest BCUT2D eigenvalue weighted by molar-refractivity contribution is 0.0378. The number of alkyl carbamates (subject to hydrolysis) is 1. The van der Waals surface area contributed by atoms with Crippen molar-refractivity contribution < 1.29 is 19.4 Å². The van der Waals surface area contributed by atoms with E-state index < -0.39 is 17.2 Å². The molecule has 0 saturated heterocycles. The number of carbonyl (C=O) groups is 1. The topological polar surface area (TPSA) is 67.8 Å². The van der Waals surface area contributed by atoms with E-state index in [0.29, 0.717) is 12.8 Å². The third-order valence-electron chi connectivity index (χ3n) is 4.66. The highest BCUT2D eigenvalue weighted by molar-refractivity contribution is 5.69. The van der Waals surface area contributed by atoms with Crippen LogP contribution in [0.5, 0.6) is 11.5 Å². The first-order valence-corrected chi connectivity index (χ1v) is 9.26. The van der Waals surface area contributed by atoms with E-state index in [1.807, 2.05) is 63.2 Å². The Morgan fingerprint density at radius 2 is 1.89 bits per heavy atom. The van der Waals surface area contributed by atoms with Gasteiger partial charge in [0, 0.05) is 12.0 Å². The Balaban J connectivity index is 1.83. The Morgan fingerprint density at radius 3 is 2.56 bits per heavy atom. The number of fused-ring (bicyclic) bond motifs is 1. The number of rotatable bonds is 4. The number of aliphatic hydroxyl groups is 1. The molecule has 144 valence electrons. The summed E-state index contributed by atoms with van der Waals surface area (Å²) in [5.41, 5.74) is 0.844. The largest absolute Gasteiger partial charge is 0.457 e. The number of amides is 1. The van der Waals surface area contributed by atoms with Crippen LogP contribution in [0.4, 0.5) is 4.79 Å². The summed E-state index contributed by atoms with van der Waals surface area (Å²) >= 11 is 0. The molecular weight excluding hydrogens is 342 g/mol. The minimum atomic E-state index is -0.758. The number of carbonyl (C=O) groups excluding carboxylic acids is 1. The number of aliphatic hydroxyl groups excluding tert-OH is 1. The molecule has 27 heavy (non-hydrogen) atoms. The Morgan fingerprint density at radius 1 is 1.15 bits per heavy atom. The second-order valence-corrected chi connectivity index (χ2v) is 8.05. The van der Waals surface area contributed by atoms with Gasteiger partial charge in [0.2, 0.25) is 0 Å². The first kappa shape index (κ1) is 19.2. The second kappa shape index (κ2) is 7.61. The fraction of sp³-hybridized carbons (Fsp3) is 0.409. The number of hydrogen-bond donors (Lipinski definition) is 2. The molecule has 0 fully saturated rings. The van der Waals surface area contributed by atoms with Crippen LogP contribution >= 0.6 is 0 Å². The second-order valence-electron chi connectivity index (χ2n) is 8.05. The Bertz CT molecular complexity index is 798. The number of para-hydroxylation sites is 1. The van der Waals surface area contributed by atoms with Gasteiger partial charge in [-0.05, 0) is 57.4 Å². The van der Waals surface area contributed by atoms with E-state index in [4.69, 9.17) is 9.47 Å². The first-order valence-electron chi connectivity index (χ1n) is 9.26. The van der Waals surface area contributed by atoms with Crippen molar-refractivity contribution in [2.24, 2.45) is 0 Å². The zero-order chi connectivity index (χ0) is 19.5. The van der Waals surface area contributed by atoms with E-state index in [1.165, 1.54) is 5.56 Å². The van der Waals surface area contributed by atoms with E-state index in [2.05, 4.69) is 11.4 Å². The van der Waals surface area contributed by atoms with Gasteiger partial charge in [0.05, 0.1) is 12.1 Å². The third-order valence-corrected chi connectivity index (χ3v) is 4.66. The predicted octanol–water partition coefficient (Wildman–Crippen LogP) is 4.22. The van der Waals surface area contributed by atoms with Gasteiger partial charge in [0.25, 0.3) is 0 Å². The van der Waals surface area contributed by atoms with E-state index in [9.17, 15) is 9.90 Å². The van der Waals surface area contributed by atoms with E-state index in [0.717, 1.165) is 23.5 Å². The molecule has 2 aromatic carbocycles. The molecule has 0 aromatic heterocycles. The summed E-state index contributed by atoms with van der Waals surface area (Å²) in [5.74, 6) is 1.51. The highest BCUT2D eigenvalue weighted by atomic mass is 16.6. The SMILES string of the molecule is CC(C)(C)OC(=O)NC1(CO)CCc2cccc(Oc3ccccc3)c2C1. The molecule has 1 aliphatic rings. The van der Waals surface area contributed by atoms with E-state index in [1.54, 1.807) is 0 Å². The highest BCUT2D eigenvalue weighted by Crippen LogP contribution is 2.36. The first-order chi connectivity index (χ1) is 12.8. The molecule has 0 aliphatic heterocycles. The van der Waals surface area contributed by atoms with Crippen LogP contribution in [0.3, 0.4) is 0 Å². The van der Waals surface area contributed by atoms with E-state index in [-0.39, 0.29) is 6.61 Å². The van der Waals surface area contributed by atoms with Crippen LogP contribution in [0.1, 0.15) is 38.3 Å². The summed E-state index contributed by atoms with van der Waals surface area (Å²) in [7, 11) is 0. The number of hydrogen-bond acceptors (Lipinski definition) is 4. The smallest absolute Gasteiger partial charge is 0.408 e. The lowest BCUT2D eigenvalue weighted by Gasteiger charge is -2.38. The number of aryl methyl sites for hydroxylation is 1. The summed E-state index contributed by atoms with van der Waals surface area (Å²) in [6, 6.07) is 15.6. The number of nitrogens with one attached hydrogen (secondary N) is 1. The fourth-order valence-electron chi connectivity index (χ4n) is 3.36. The van der Waals surface area contributed by atoms with Crippen LogP contribution in [0.25, 0.3) is 0 Å². The minimum absolute atomic E-state index is 0.161. The fourth-order valence-corrected chi connectivity index (χ4v) is 3.36. The summed E-state index contributed by atoms with van der Waals surface area (Å²) in [5, 5.41) is 13.0. The molecule has 0 spiro atoms. The zero-order valence-electron chi connectivity index (χ0n) is 16.1. The van der Waals surface area contributed by atoms with Gasteiger partial charge >= 0.3 is 6.09 Å². The molecule has 2 aromatic rings. The van der Waals surface area contributed by atoms with Gasteiger partial charge in [0.1, 0.15) is 17.1 Å². The molecule has 3 rings (SSSR count). The molecule has 5 nitrogen and oxygen atoms in total. The standard InChI is InChI=1S/C22H27NO4/c1-21(2,3)27-20(25)23-22(15-24)13-12-16-8-7-11-19(18(16)14-22)26-17-9-5-4-6-10-17/h4-11,24H,12-15H2,1-3H3,(H,23,25). The maximum atomic E-state index is 12.3. The summed E-state index contributed by atoms with van der Waals surface area (Å²) in [4.78, 5) is 12.3. The van der Waals surface area contributed by atoms with Gasteiger partial charge < -0.3 is 19.9 Å². The van der Waals surface area contributed by atoms with Crippen molar-refractivity contribution in [2.45, 2.75) is 51.2 Å². The van der Waals surface area contributed by atoms with Crippen LogP contribution in [0, 0.1) is 0 Å². The van der Waals surface area contributed by atoms with Crippen molar-refractivity contribution >= 4 is 6.09 Å². The molecule has 0 saturated carbocycles. The molecule has 1 aliphatic carbocycles. The molecule has 1 unspecified atom stereocenters. The van der Waals surface area contributed by atoms with Crippen molar-refractivity contribution in [3.8, 4) is 11.5 Å². The van der Waals surface area contributed by atoms with Crippen molar-refractivity contribution in [1.29, 1.82) is 0 Å². The lowest BCUT2D eigenvalue weighted by Crippen LogP contribution is -2.55. The Kier molecular flexibility index (Phi) is 5.42. The van der Waals surface area contributed by atoms with Gasteiger partial charge in [-0.1, -0.05) is 30.3 Å². The maximum absolute atomic E-state index is 12.3. The van der Waals surface area contributed by atoms with Crippen LogP contribution in [0.15, 0.2) is 48.5 Å². The van der Waals surface area contributed by atoms with Crippen LogP contribution < -0.4 is 10.1 Å². The molecule has 0 radical (unpaired) electrons. The molecule has 2 N–H and O–H groups in total. The maximum Gasteiger partial charge on any atom is 0.408 e. The highest BCUT2D eigenvalue weighted by Gasteiger charge is 2.38. The summed E-state index contributed by atoms with van der Waals surface area (Å²) < 4.78 is 11.5. The van der Waals surface area contributed by atoms with Gasteiger partial charge in [-0.2, -0.15) is 0 Å². The molecule has 0 bridgehead atoms. The normalized spacial score (nSPS) is 19.1. The molecule has 1 atom stereocenters. The average Bonchev–Trinajstić information content (AvgIpc) is 2.61. The summed E-state index contributed by atoms with van der Waals surface area (Å²) in [6.45, 7) is 5.30. The van der Waals surface area contributed by atoms with Gasteiger partial charge in [-0.3, -0.25) is 0 Å². The van der Waals surface area contributed by atoms with Crippen molar-refractivity contribution in [3.05, 3.63) is 59.7 Å². The number of ether oxygens (including phenoxy) is 2. The summed E-state index contributed by atoms with van der Waals surface area (Å²) in [6.07, 6.45) is 1.37.